The summed E-state index contributed by atoms with van der Waals surface area (Å²) in [6.45, 7) is 2.60. The SMILES string of the molecule is CCCC(CCBr)CNS(=O)(=O)c1ccccc1Br. The van der Waals surface area contributed by atoms with Gasteiger partial charge in [-0.2, -0.15) is 0 Å². The minimum Gasteiger partial charge on any atom is -0.211 e. The zero-order chi connectivity index (χ0) is 14.3. The Balaban J connectivity index is 2.72. The van der Waals surface area contributed by atoms with Gasteiger partial charge in [0.2, 0.25) is 10.0 Å². The number of sulfonamides is 1. The monoisotopic (exact) mass is 411 g/mol. The lowest BCUT2D eigenvalue weighted by Crippen LogP contribution is -2.29. The van der Waals surface area contributed by atoms with Gasteiger partial charge in [0.05, 0.1) is 4.90 Å². The first kappa shape index (κ1) is 17.1. The van der Waals surface area contributed by atoms with Crippen molar-refractivity contribution in [2.45, 2.75) is 31.1 Å². The van der Waals surface area contributed by atoms with Crippen LogP contribution < -0.4 is 4.72 Å². The number of alkyl halides is 1. The fourth-order valence-corrected chi connectivity index (χ4v) is 4.64. The van der Waals surface area contributed by atoms with Gasteiger partial charge in [0.1, 0.15) is 0 Å². The molecule has 1 unspecified atom stereocenters. The molecule has 1 aromatic rings. The minimum absolute atomic E-state index is 0.295. The minimum atomic E-state index is -3.43. The van der Waals surface area contributed by atoms with Gasteiger partial charge in [-0.25, -0.2) is 13.1 Å². The number of hydrogen-bond acceptors (Lipinski definition) is 2. The molecule has 19 heavy (non-hydrogen) atoms. The van der Waals surface area contributed by atoms with Gasteiger partial charge in [0, 0.05) is 16.3 Å². The van der Waals surface area contributed by atoms with Crippen molar-refractivity contribution in [3.05, 3.63) is 28.7 Å². The van der Waals surface area contributed by atoms with Crippen molar-refractivity contribution >= 4 is 41.9 Å². The summed E-state index contributed by atoms with van der Waals surface area (Å²) in [5.74, 6) is 0.377. The molecule has 1 atom stereocenters. The van der Waals surface area contributed by atoms with Crippen molar-refractivity contribution in [3.63, 3.8) is 0 Å². The summed E-state index contributed by atoms with van der Waals surface area (Å²) >= 11 is 6.69. The maximum atomic E-state index is 12.2. The summed E-state index contributed by atoms with van der Waals surface area (Å²) in [6.07, 6.45) is 3.07. The highest BCUT2D eigenvalue weighted by Crippen LogP contribution is 2.21. The molecule has 0 spiro atoms. The predicted molar refractivity (Wildman–Crippen MR) is 86.1 cm³/mol. The molecule has 0 aliphatic carbocycles. The lowest BCUT2D eigenvalue weighted by molar-refractivity contribution is 0.459. The fraction of sp³-hybridized carbons (Fsp3) is 0.538. The molecule has 0 amide bonds. The van der Waals surface area contributed by atoms with Crippen molar-refractivity contribution in [2.75, 3.05) is 11.9 Å². The first-order valence-corrected chi connectivity index (χ1v) is 9.71. The van der Waals surface area contributed by atoms with Crippen LogP contribution in [0.25, 0.3) is 0 Å². The van der Waals surface area contributed by atoms with Crippen LogP contribution in [0.3, 0.4) is 0 Å². The number of halogens is 2. The van der Waals surface area contributed by atoms with Gasteiger partial charge in [-0.05, 0) is 46.8 Å². The van der Waals surface area contributed by atoms with E-state index in [0.29, 0.717) is 21.8 Å². The highest BCUT2D eigenvalue weighted by molar-refractivity contribution is 9.10. The molecule has 1 rings (SSSR count). The van der Waals surface area contributed by atoms with Crippen molar-refractivity contribution in [3.8, 4) is 0 Å². The zero-order valence-electron chi connectivity index (χ0n) is 10.9. The first-order valence-electron chi connectivity index (χ1n) is 6.31. The molecule has 0 fully saturated rings. The smallest absolute Gasteiger partial charge is 0.211 e. The summed E-state index contributed by atoms with van der Waals surface area (Å²) in [7, 11) is -3.43. The molecule has 0 saturated carbocycles. The van der Waals surface area contributed by atoms with Gasteiger partial charge in [0.25, 0.3) is 0 Å². The Bertz CT molecular complexity index is 485. The molecule has 0 heterocycles. The standard InChI is InChI=1S/C13H19Br2NO2S/c1-2-5-11(8-9-14)10-16-19(17,18)13-7-4-3-6-12(13)15/h3-4,6-7,11,16H,2,5,8-10H2,1H3. The van der Waals surface area contributed by atoms with Crippen molar-refractivity contribution in [1.82, 2.24) is 4.72 Å². The van der Waals surface area contributed by atoms with E-state index >= 15 is 0 Å². The summed E-state index contributed by atoms with van der Waals surface area (Å²) < 4.78 is 27.7. The number of benzene rings is 1. The van der Waals surface area contributed by atoms with Crippen molar-refractivity contribution < 1.29 is 8.42 Å². The van der Waals surface area contributed by atoms with E-state index in [2.05, 4.69) is 43.5 Å². The van der Waals surface area contributed by atoms with Crippen LogP contribution in [0.1, 0.15) is 26.2 Å². The van der Waals surface area contributed by atoms with Gasteiger partial charge < -0.3 is 0 Å². The van der Waals surface area contributed by atoms with Crippen LogP contribution in [0.5, 0.6) is 0 Å². The molecule has 6 heteroatoms. The number of nitrogens with one attached hydrogen (secondary N) is 1. The van der Waals surface area contributed by atoms with E-state index in [1.54, 1.807) is 24.3 Å². The predicted octanol–water partition coefficient (Wildman–Crippen LogP) is 3.93. The molecule has 1 aromatic carbocycles. The Kier molecular flexibility index (Phi) is 7.57. The Hall–Kier alpha value is 0.0900. The number of rotatable bonds is 8. The molecule has 0 aliphatic heterocycles. The van der Waals surface area contributed by atoms with E-state index in [1.807, 2.05) is 0 Å². The van der Waals surface area contributed by atoms with Crippen LogP contribution in [0.4, 0.5) is 0 Å². The second-order valence-electron chi connectivity index (χ2n) is 4.41. The highest BCUT2D eigenvalue weighted by atomic mass is 79.9. The highest BCUT2D eigenvalue weighted by Gasteiger charge is 2.18. The molecular weight excluding hydrogens is 394 g/mol. The van der Waals surface area contributed by atoms with Crippen molar-refractivity contribution in [1.29, 1.82) is 0 Å². The molecule has 0 radical (unpaired) electrons. The Morgan fingerprint density at radius 1 is 1.26 bits per heavy atom. The molecule has 1 N–H and O–H groups in total. The van der Waals surface area contributed by atoms with Gasteiger partial charge in [0.15, 0.2) is 0 Å². The summed E-state index contributed by atoms with van der Waals surface area (Å²) in [6, 6.07) is 6.86. The van der Waals surface area contributed by atoms with E-state index in [-0.39, 0.29) is 0 Å². The van der Waals surface area contributed by atoms with Gasteiger partial charge in [-0.1, -0.05) is 41.4 Å². The van der Waals surface area contributed by atoms with Crippen LogP contribution in [0.15, 0.2) is 33.6 Å². The fourth-order valence-electron chi connectivity index (χ4n) is 1.88. The van der Waals surface area contributed by atoms with E-state index in [9.17, 15) is 8.42 Å². The van der Waals surface area contributed by atoms with Gasteiger partial charge in [-0.15, -0.1) is 0 Å². The third-order valence-corrected chi connectivity index (χ3v) is 5.80. The summed E-state index contributed by atoms with van der Waals surface area (Å²) in [5, 5.41) is 0.897. The Labute approximate surface area is 132 Å². The molecule has 0 aromatic heterocycles. The molecule has 0 aliphatic rings. The largest absolute Gasteiger partial charge is 0.241 e. The maximum Gasteiger partial charge on any atom is 0.241 e. The van der Waals surface area contributed by atoms with E-state index < -0.39 is 10.0 Å². The lowest BCUT2D eigenvalue weighted by atomic mass is 10.0. The van der Waals surface area contributed by atoms with Crippen LogP contribution in [0, 0.1) is 5.92 Å². The molecule has 108 valence electrons. The first-order chi connectivity index (χ1) is 9.01. The lowest BCUT2D eigenvalue weighted by Gasteiger charge is -2.16. The second-order valence-corrected chi connectivity index (χ2v) is 7.80. The van der Waals surface area contributed by atoms with E-state index in [4.69, 9.17) is 0 Å². The normalized spacial score (nSPS) is 13.4. The van der Waals surface area contributed by atoms with Crippen LogP contribution >= 0.6 is 31.9 Å². The average Bonchev–Trinajstić information content (AvgIpc) is 2.37. The van der Waals surface area contributed by atoms with Crippen LogP contribution in [-0.2, 0) is 10.0 Å². The topological polar surface area (TPSA) is 46.2 Å². The Morgan fingerprint density at radius 2 is 1.95 bits per heavy atom. The van der Waals surface area contributed by atoms with Gasteiger partial charge in [-0.3, -0.25) is 0 Å². The van der Waals surface area contributed by atoms with Crippen molar-refractivity contribution in [2.24, 2.45) is 5.92 Å². The van der Waals surface area contributed by atoms with Gasteiger partial charge >= 0.3 is 0 Å². The molecule has 3 nitrogen and oxygen atoms in total. The third kappa shape index (κ3) is 5.53. The molecule has 0 saturated heterocycles. The number of hydrogen-bond donors (Lipinski definition) is 1. The molecule has 0 bridgehead atoms. The van der Waals surface area contributed by atoms with Crippen LogP contribution in [-0.4, -0.2) is 20.3 Å². The summed E-state index contributed by atoms with van der Waals surface area (Å²) in [5.41, 5.74) is 0. The zero-order valence-corrected chi connectivity index (χ0v) is 14.9. The van der Waals surface area contributed by atoms with E-state index in [0.717, 1.165) is 24.6 Å². The quantitative estimate of drug-likeness (QED) is 0.657. The third-order valence-electron chi connectivity index (χ3n) is 2.90. The maximum absolute atomic E-state index is 12.2. The van der Waals surface area contributed by atoms with Crippen LogP contribution in [0.2, 0.25) is 0 Å². The second kappa shape index (κ2) is 8.39. The Morgan fingerprint density at radius 3 is 2.53 bits per heavy atom. The average molecular weight is 413 g/mol. The molecular formula is C13H19Br2NO2S. The van der Waals surface area contributed by atoms with E-state index in [1.165, 1.54) is 0 Å². The summed E-state index contributed by atoms with van der Waals surface area (Å²) in [4.78, 5) is 0.295.